The number of unbranched alkanes of at least 4 members (excludes halogenated alkanes) is 2. The second-order valence-corrected chi connectivity index (χ2v) is 7.87. The monoisotopic (exact) mass is 376 g/mol. The summed E-state index contributed by atoms with van der Waals surface area (Å²) >= 11 is 0. The Morgan fingerprint density at radius 3 is 2.67 bits per heavy atom. The Labute approximate surface area is 163 Å². The summed E-state index contributed by atoms with van der Waals surface area (Å²) in [6.45, 7) is 9.74. The van der Waals surface area contributed by atoms with Crippen LogP contribution in [0.3, 0.4) is 0 Å². The second kappa shape index (κ2) is 9.97. The Kier molecular flexibility index (Phi) is 7.38. The van der Waals surface area contributed by atoms with Gasteiger partial charge in [0.1, 0.15) is 5.69 Å². The number of hydrogen-bond donors (Lipinski definition) is 2. The number of nitrogens with two attached hydrogens (primary N) is 1. The molecule has 2 aliphatic heterocycles. The van der Waals surface area contributed by atoms with Gasteiger partial charge in [-0.1, -0.05) is 26.2 Å². The Morgan fingerprint density at radius 2 is 1.89 bits per heavy atom. The lowest BCUT2D eigenvalue weighted by molar-refractivity contribution is 0.191. The summed E-state index contributed by atoms with van der Waals surface area (Å²) in [6, 6.07) is 0.400. The van der Waals surface area contributed by atoms with Crippen molar-refractivity contribution in [1.82, 2.24) is 14.9 Å². The van der Waals surface area contributed by atoms with Gasteiger partial charge in [0.15, 0.2) is 11.6 Å². The molecule has 0 unspecified atom stereocenters. The van der Waals surface area contributed by atoms with Crippen molar-refractivity contribution in [3.05, 3.63) is 0 Å². The van der Waals surface area contributed by atoms with Crippen LogP contribution in [0.25, 0.3) is 0 Å². The van der Waals surface area contributed by atoms with Crippen molar-refractivity contribution in [2.45, 2.75) is 71.3 Å². The van der Waals surface area contributed by atoms with E-state index in [1.165, 1.54) is 45.3 Å². The van der Waals surface area contributed by atoms with E-state index < -0.39 is 0 Å². The van der Waals surface area contributed by atoms with E-state index in [0.29, 0.717) is 11.8 Å². The van der Waals surface area contributed by atoms with Crippen LogP contribution in [-0.4, -0.2) is 53.8 Å². The number of ether oxygens (including phenoxy) is 1. The van der Waals surface area contributed by atoms with Gasteiger partial charge in [0, 0.05) is 6.54 Å². The van der Waals surface area contributed by atoms with Crippen LogP contribution < -0.4 is 20.7 Å². The van der Waals surface area contributed by atoms with Crippen LogP contribution in [0.1, 0.15) is 65.2 Å². The minimum absolute atomic E-state index is 0.106. The summed E-state index contributed by atoms with van der Waals surface area (Å²) in [5.41, 5.74) is 6.98. The molecule has 1 fully saturated rings. The lowest BCUT2D eigenvalue weighted by atomic mass is 10.1. The van der Waals surface area contributed by atoms with Crippen LogP contribution in [0.5, 0.6) is 6.01 Å². The Hall–Kier alpha value is -1.76. The molecule has 7 nitrogen and oxygen atoms in total. The fraction of sp³-hybridized carbons (Fsp3) is 0.800. The quantitative estimate of drug-likeness (QED) is 0.605. The summed E-state index contributed by atoms with van der Waals surface area (Å²) in [6.07, 6.45) is 9.93. The van der Waals surface area contributed by atoms with E-state index in [0.717, 1.165) is 50.4 Å². The molecule has 152 valence electrons. The SMILES string of the molecule is CCCC[C@H](C)Oc1nc(N)c2c(n1)N(CCCCN1CCCCC1)CN2. The highest BCUT2D eigenvalue weighted by molar-refractivity contribution is 5.80. The highest BCUT2D eigenvalue weighted by atomic mass is 16.5. The predicted octanol–water partition coefficient (Wildman–Crippen LogP) is 3.47. The summed E-state index contributed by atoms with van der Waals surface area (Å²) in [4.78, 5) is 13.8. The number of anilines is 3. The Bertz CT molecular complexity index is 590. The smallest absolute Gasteiger partial charge is 0.320 e. The van der Waals surface area contributed by atoms with Crippen LogP contribution in [0, 0.1) is 0 Å². The van der Waals surface area contributed by atoms with Crippen LogP contribution in [0.4, 0.5) is 17.3 Å². The van der Waals surface area contributed by atoms with Gasteiger partial charge < -0.3 is 25.6 Å². The molecule has 0 amide bonds. The van der Waals surface area contributed by atoms with Gasteiger partial charge in [-0.3, -0.25) is 0 Å². The lowest BCUT2D eigenvalue weighted by Crippen LogP contribution is -2.31. The average molecular weight is 377 g/mol. The molecular formula is C20H36N6O. The summed E-state index contributed by atoms with van der Waals surface area (Å²) in [5.74, 6) is 1.37. The average Bonchev–Trinajstić information content (AvgIpc) is 3.08. The van der Waals surface area contributed by atoms with E-state index in [-0.39, 0.29) is 6.10 Å². The number of hydrogen-bond acceptors (Lipinski definition) is 7. The third kappa shape index (κ3) is 5.61. The number of fused-ring (bicyclic) bond motifs is 1. The molecule has 0 spiro atoms. The summed E-state index contributed by atoms with van der Waals surface area (Å²) in [7, 11) is 0. The maximum atomic E-state index is 6.14. The standard InChI is InChI=1S/C20H36N6O/c1-3-4-10-16(2)27-20-23-18(21)17-19(24-20)26(15-22-17)14-9-8-13-25-11-6-5-7-12-25/h16,22H,3-15H2,1-2H3,(H2,21,23,24)/t16-/m0/s1. The van der Waals surface area contributed by atoms with E-state index >= 15 is 0 Å². The first-order valence-corrected chi connectivity index (χ1v) is 10.7. The van der Waals surface area contributed by atoms with Gasteiger partial charge in [0.2, 0.25) is 0 Å². The van der Waals surface area contributed by atoms with E-state index in [9.17, 15) is 0 Å². The zero-order valence-corrected chi connectivity index (χ0v) is 17.0. The van der Waals surface area contributed by atoms with Gasteiger partial charge in [-0.15, -0.1) is 0 Å². The highest BCUT2D eigenvalue weighted by Gasteiger charge is 2.25. The zero-order valence-electron chi connectivity index (χ0n) is 17.0. The Morgan fingerprint density at radius 1 is 1.11 bits per heavy atom. The number of aromatic nitrogens is 2. The first-order valence-electron chi connectivity index (χ1n) is 10.7. The van der Waals surface area contributed by atoms with E-state index in [1.54, 1.807) is 0 Å². The number of nitrogens with one attached hydrogen (secondary N) is 1. The van der Waals surface area contributed by atoms with Crippen LogP contribution in [0.2, 0.25) is 0 Å². The molecular weight excluding hydrogens is 340 g/mol. The molecule has 3 N–H and O–H groups in total. The third-order valence-corrected chi connectivity index (χ3v) is 5.52. The van der Waals surface area contributed by atoms with Crippen LogP contribution in [-0.2, 0) is 0 Å². The molecule has 3 heterocycles. The topological polar surface area (TPSA) is 79.5 Å². The minimum Gasteiger partial charge on any atom is -0.460 e. The van der Waals surface area contributed by atoms with Gasteiger partial charge in [-0.05, 0) is 58.7 Å². The first kappa shape index (κ1) is 20.0. The van der Waals surface area contributed by atoms with E-state index in [2.05, 4.69) is 38.9 Å². The number of piperidine rings is 1. The second-order valence-electron chi connectivity index (χ2n) is 7.87. The fourth-order valence-electron chi connectivity index (χ4n) is 3.88. The Balaban J connectivity index is 1.51. The van der Waals surface area contributed by atoms with Gasteiger partial charge in [0.25, 0.3) is 0 Å². The summed E-state index contributed by atoms with van der Waals surface area (Å²) in [5, 5.41) is 3.33. The van der Waals surface area contributed by atoms with E-state index in [1.807, 2.05) is 0 Å². The molecule has 7 heteroatoms. The molecule has 27 heavy (non-hydrogen) atoms. The maximum Gasteiger partial charge on any atom is 0.320 e. The van der Waals surface area contributed by atoms with Gasteiger partial charge in [0.05, 0.1) is 12.8 Å². The molecule has 0 aromatic carbocycles. The first-order chi connectivity index (χ1) is 13.2. The van der Waals surface area contributed by atoms with Crippen molar-refractivity contribution in [2.24, 2.45) is 0 Å². The number of nitrogen functional groups attached to an aromatic ring is 1. The van der Waals surface area contributed by atoms with Crippen molar-refractivity contribution in [3.8, 4) is 6.01 Å². The van der Waals surface area contributed by atoms with Crippen molar-refractivity contribution in [2.75, 3.05) is 48.8 Å². The molecule has 1 atom stereocenters. The predicted molar refractivity (Wildman–Crippen MR) is 111 cm³/mol. The van der Waals surface area contributed by atoms with Crippen molar-refractivity contribution >= 4 is 17.3 Å². The van der Waals surface area contributed by atoms with Gasteiger partial charge >= 0.3 is 6.01 Å². The normalized spacial score (nSPS) is 18.2. The van der Waals surface area contributed by atoms with Crippen molar-refractivity contribution in [1.29, 1.82) is 0 Å². The van der Waals surface area contributed by atoms with Gasteiger partial charge in [-0.2, -0.15) is 9.97 Å². The lowest BCUT2D eigenvalue weighted by Gasteiger charge is -2.26. The molecule has 1 aromatic rings. The number of likely N-dealkylation sites (tertiary alicyclic amines) is 1. The van der Waals surface area contributed by atoms with Gasteiger partial charge in [-0.25, -0.2) is 0 Å². The highest BCUT2D eigenvalue weighted by Crippen LogP contribution is 2.35. The molecule has 3 rings (SSSR count). The molecule has 2 aliphatic rings. The van der Waals surface area contributed by atoms with Crippen molar-refractivity contribution in [3.63, 3.8) is 0 Å². The fourth-order valence-corrected chi connectivity index (χ4v) is 3.88. The zero-order chi connectivity index (χ0) is 19.1. The molecule has 1 saturated heterocycles. The third-order valence-electron chi connectivity index (χ3n) is 5.52. The largest absolute Gasteiger partial charge is 0.460 e. The van der Waals surface area contributed by atoms with Crippen molar-refractivity contribution < 1.29 is 4.74 Å². The number of rotatable bonds is 10. The van der Waals surface area contributed by atoms with Crippen LogP contribution in [0.15, 0.2) is 0 Å². The van der Waals surface area contributed by atoms with E-state index in [4.69, 9.17) is 10.5 Å². The molecule has 1 aromatic heterocycles. The number of nitrogens with zero attached hydrogens (tertiary/aromatic N) is 4. The minimum atomic E-state index is 0.106. The molecule has 0 saturated carbocycles. The maximum absolute atomic E-state index is 6.14. The van der Waals surface area contributed by atoms with Crippen LogP contribution >= 0.6 is 0 Å². The molecule has 0 radical (unpaired) electrons. The molecule has 0 bridgehead atoms. The summed E-state index contributed by atoms with van der Waals surface area (Å²) < 4.78 is 5.91. The molecule has 0 aliphatic carbocycles.